The van der Waals surface area contributed by atoms with Gasteiger partial charge in [-0.2, -0.15) is 5.10 Å². The van der Waals surface area contributed by atoms with Gasteiger partial charge in [-0.3, -0.25) is 14.5 Å². The van der Waals surface area contributed by atoms with E-state index in [1.165, 1.54) is 5.56 Å². The molecule has 3 fully saturated rings. The van der Waals surface area contributed by atoms with E-state index in [1.54, 1.807) is 0 Å². The lowest BCUT2D eigenvalue weighted by molar-refractivity contribution is -0.136. The van der Waals surface area contributed by atoms with Gasteiger partial charge in [0, 0.05) is 86.4 Å². The van der Waals surface area contributed by atoms with Crippen molar-refractivity contribution in [1.29, 1.82) is 0 Å². The fourth-order valence-electron chi connectivity index (χ4n) is 8.15. The second-order valence-electron chi connectivity index (χ2n) is 14.7. The first kappa shape index (κ1) is 36.3. The number of anilines is 1. The van der Waals surface area contributed by atoms with Crippen LogP contribution in [0.15, 0.2) is 48.7 Å². The quantitative estimate of drug-likeness (QED) is 0.140. The first-order chi connectivity index (χ1) is 25.2. The largest absolute Gasteiger partial charge is 0.381 e. The molecule has 2 saturated heterocycles. The van der Waals surface area contributed by atoms with E-state index in [1.807, 2.05) is 29.9 Å². The number of aromatic nitrogens is 3. The maximum atomic E-state index is 14.0. The highest BCUT2D eigenvalue weighted by Crippen LogP contribution is 2.54. The van der Waals surface area contributed by atoms with Gasteiger partial charge in [-0.1, -0.05) is 42.8 Å². The number of rotatable bonds is 13. The van der Waals surface area contributed by atoms with E-state index in [0.717, 1.165) is 83.7 Å². The Morgan fingerprint density at radius 1 is 1.13 bits per heavy atom. The van der Waals surface area contributed by atoms with E-state index in [-0.39, 0.29) is 24.4 Å². The molecule has 5 N–H and O–H groups in total. The van der Waals surface area contributed by atoms with Gasteiger partial charge in [0.25, 0.3) is 0 Å². The minimum absolute atomic E-state index is 0.214. The van der Waals surface area contributed by atoms with Crippen LogP contribution in [0.25, 0.3) is 22.2 Å². The van der Waals surface area contributed by atoms with Crippen LogP contribution < -0.4 is 21.7 Å². The van der Waals surface area contributed by atoms with Gasteiger partial charge < -0.3 is 26.4 Å². The molecule has 7 rings (SSSR count). The molecule has 276 valence electrons. The number of fused-ring (bicyclic) bond motifs is 1. The van der Waals surface area contributed by atoms with Crippen molar-refractivity contribution in [2.75, 3.05) is 38.2 Å². The summed E-state index contributed by atoms with van der Waals surface area (Å²) in [4.78, 5) is 34.5. The Labute approximate surface area is 311 Å². The molecule has 3 atom stereocenters. The molecule has 2 unspecified atom stereocenters. The van der Waals surface area contributed by atoms with Crippen LogP contribution in [0.5, 0.6) is 0 Å². The number of amides is 2. The molecule has 2 amide bonds. The van der Waals surface area contributed by atoms with Crippen LogP contribution in [0.4, 0.5) is 5.69 Å². The van der Waals surface area contributed by atoms with Crippen molar-refractivity contribution in [1.82, 2.24) is 30.3 Å². The predicted octanol–water partition coefficient (Wildman–Crippen LogP) is 5.07. The van der Waals surface area contributed by atoms with Gasteiger partial charge in [0.05, 0.1) is 17.3 Å². The lowest BCUT2D eigenvalue weighted by Crippen LogP contribution is -2.48. The van der Waals surface area contributed by atoms with E-state index in [4.69, 9.17) is 27.1 Å². The van der Waals surface area contributed by atoms with Crippen molar-refractivity contribution >= 4 is 40.1 Å². The van der Waals surface area contributed by atoms with Crippen LogP contribution in [0.1, 0.15) is 62.4 Å². The van der Waals surface area contributed by atoms with Crippen molar-refractivity contribution in [2.45, 2.75) is 84.6 Å². The van der Waals surface area contributed by atoms with Crippen LogP contribution in [0.2, 0.25) is 5.02 Å². The highest BCUT2D eigenvalue weighted by molar-refractivity contribution is 6.33. The number of hydrogen-bond donors (Lipinski definition) is 4. The van der Waals surface area contributed by atoms with E-state index < -0.39 is 11.3 Å². The fourth-order valence-corrected chi connectivity index (χ4v) is 8.38. The number of pyridine rings is 1. The molecule has 4 aromatic rings. The molecule has 0 radical (unpaired) electrons. The Morgan fingerprint density at radius 3 is 2.71 bits per heavy atom. The van der Waals surface area contributed by atoms with E-state index in [9.17, 15) is 9.59 Å². The number of piperazine rings is 1. The Balaban J connectivity index is 1.08. The van der Waals surface area contributed by atoms with Crippen molar-refractivity contribution in [2.24, 2.45) is 17.1 Å². The molecular weight excluding hydrogens is 676 g/mol. The third-order valence-electron chi connectivity index (χ3n) is 11.2. The standard InChI is InChI=1S/C40H51ClN8O3/c1-4-35-32(36(46-30-11-15-52-16-12-30)33-22-45-49(5-2)37(33)47-35)21-44-39(51)40(38(42)50)20-29(40)18-26-9-10-34(41)31(19-26)28-8-6-7-27(17-28)24-48-14-13-43-25(3)23-48/h6-10,17,19,22,25,29-30,43H,4-5,11-16,18,20-21,23-24H2,1-3H3,(H2,42,50)(H,44,51)(H,46,47)/t25-,29?,40?/m0/s1. The summed E-state index contributed by atoms with van der Waals surface area (Å²) in [5.74, 6) is -1.14. The Bertz CT molecular complexity index is 1940. The maximum absolute atomic E-state index is 14.0. The van der Waals surface area contributed by atoms with Gasteiger partial charge in [-0.15, -0.1) is 0 Å². The summed E-state index contributed by atoms with van der Waals surface area (Å²) < 4.78 is 7.51. The zero-order valence-corrected chi connectivity index (χ0v) is 31.3. The maximum Gasteiger partial charge on any atom is 0.236 e. The summed E-state index contributed by atoms with van der Waals surface area (Å²) in [7, 11) is 0. The predicted molar refractivity (Wildman–Crippen MR) is 205 cm³/mol. The number of aryl methyl sites for hydroxylation is 2. The van der Waals surface area contributed by atoms with E-state index >= 15 is 0 Å². The summed E-state index contributed by atoms with van der Waals surface area (Å²) in [6.07, 6.45) is 5.25. The molecule has 0 spiro atoms. The zero-order chi connectivity index (χ0) is 36.4. The highest BCUT2D eigenvalue weighted by Gasteiger charge is 2.64. The number of nitrogens with one attached hydrogen (secondary N) is 3. The molecule has 12 heteroatoms. The molecule has 1 saturated carbocycles. The number of hydrogen-bond acceptors (Lipinski definition) is 8. The van der Waals surface area contributed by atoms with Gasteiger partial charge in [-0.25, -0.2) is 9.67 Å². The number of halogens is 1. The number of benzene rings is 2. The van der Waals surface area contributed by atoms with Crippen LogP contribution in [-0.2, 0) is 46.8 Å². The average molecular weight is 727 g/mol. The normalized spacial score (nSPS) is 22.4. The van der Waals surface area contributed by atoms with Crippen molar-refractivity contribution in [3.05, 3.63) is 76.1 Å². The minimum Gasteiger partial charge on any atom is -0.381 e. The monoisotopic (exact) mass is 726 g/mol. The van der Waals surface area contributed by atoms with Gasteiger partial charge in [0.2, 0.25) is 11.8 Å². The summed E-state index contributed by atoms with van der Waals surface area (Å²) in [6, 6.07) is 15.2. The molecule has 1 aliphatic carbocycles. The third-order valence-corrected chi connectivity index (χ3v) is 11.5. The van der Waals surface area contributed by atoms with Crippen molar-refractivity contribution in [3.8, 4) is 11.1 Å². The van der Waals surface area contributed by atoms with Gasteiger partial charge >= 0.3 is 0 Å². The highest BCUT2D eigenvalue weighted by atomic mass is 35.5. The molecule has 4 heterocycles. The lowest BCUT2D eigenvalue weighted by atomic mass is 9.94. The summed E-state index contributed by atoms with van der Waals surface area (Å²) in [5.41, 5.74) is 12.6. The number of nitrogens with zero attached hydrogens (tertiary/aromatic N) is 4. The Kier molecular flexibility index (Phi) is 10.8. The summed E-state index contributed by atoms with van der Waals surface area (Å²) >= 11 is 6.77. The number of nitrogens with two attached hydrogens (primary N) is 1. The fraction of sp³-hybridized carbons (Fsp3) is 0.500. The van der Waals surface area contributed by atoms with Crippen molar-refractivity contribution < 1.29 is 14.3 Å². The third kappa shape index (κ3) is 7.42. The topological polar surface area (TPSA) is 139 Å². The van der Waals surface area contributed by atoms with Crippen LogP contribution in [-0.4, -0.2) is 76.4 Å². The van der Waals surface area contributed by atoms with Crippen LogP contribution >= 0.6 is 11.6 Å². The van der Waals surface area contributed by atoms with Gasteiger partial charge in [-0.05, 0) is 86.8 Å². The summed E-state index contributed by atoms with van der Waals surface area (Å²) in [6.45, 7) is 12.6. The number of ether oxygens (including phenoxy) is 1. The molecule has 2 aliphatic heterocycles. The molecule has 2 aromatic heterocycles. The van der Waals surface area contributed by atoms with Crippen LogP contribution in [0.3, 0.4) is 0 Å². The minimum atomic E-state index is -1.27. The second-order valence-corrected chi connectivity index (χ2v) is 15.1. The zero-order valence-electron chi connectivity index (χ0n) is 30.5. The average Bonchev–Trinajstić information content (AvgIpc) is 3.73. The SMILES string of the molecule is CCc1nc2c(cnn2CC)c(NC2CCOCC2)c1CNC(=O)C1(C(N)=O)CC1Cc1ccc(Cl)c(-c2cccc(CN3CCN[C@@H](C)C3)c2)c1. The van der Waals surface area contributed by atoms with Crippen molar-refractivity contribution in [3.63, 3.8) is 0 Å². The number of carbonyl (C=O) groups is 2. The lowest BCUT2D eigenvalue weighted by Gasteiger charge is -2.31. The first-order valence-electron chi connectivity index (χ1n) is 18.8. The van der Waals surface area contributed by atoms with E-state index in [2.05, 4.69) is 70.1 Å². The van der Waals surface area contributed by atoms with E-state index in [0.29, 0.717) is 50.1 Å². The Hall–Kier alpha value is -4.03. The molecule has 0 bridgehead atoms. The molecule has 2 aromatic carbocycles. The smallest absolute Gasteiger partial charge is 0.236 e. The van der Waals surface area contributed by atoms with Gasteiger partial charge in [0.1, 0.15) is 5.41 Å². The molecule has 3 aliphatic rings. The molecular formula is C40H51ClN8O3. The van der Waals surface area contributed by atoms with Gasteiger partial charge in [0.15, 0.2) is 5.65 Å². The molecule has 52 heavy (non-hydrogen) atoms. The van der Waals surface area contributed by atoms with Crippen LogP contribution in [0, 0.1) is 11.3 Å². The summed E-state index contributed by atoms with van der Waals surface area (Å²) in [5, 5.41) is 16.6. The molecule has 11 nitrogen and oxygen atoms in total. The second kappa shape index (κ2) is 15.5. The Morgan fingerprint density at radius 2 is 1.96 bits per heavy atom. The first-order valence-corrected chi connectivity index (χ1v) is 19.2. The number of primary amides is 1. The number of carbonyl (C=O) groups excluding carboxylic acids is 2.